The second kappa shape index (κ2) is 14.4. The van der Waals surface area contributed by atoms with Gasteiger partial charge in [0.2, 0.25) is 0 Å². The Morgan fingerprint density at radius 1 is 0.426 bits per heavy atom. The number of rotatable bonds is 8. The molecule has 1 aliphatic rings. The van der Waals surface area contributed by atoms with Crippen molar-refractivity contribution in [2.24, 2.45) is 0 Å². The van der Waals surface area contributed by atoms with Crippen LogP contribution in [0.3, 0.4) is 0 Å². The molecule has 0 bridgehead atoms. The number of aliphatic hydroxyl groups is 1. The normalized spacial score (nSPS) is 15.3. The third-order valence-electron chi connectivity index (χ3n) is 12.8. The van der Waals surface area contributed by atoms with Crippen LogP contribution >= 0.6 is 0 Å². The lowest BCUT2D eigenvalue weighted by Crippen LogP contribution is -2.28. The molecule has 3 nitrogen and oxygen atoms in total. The minimum Gasteiger partial charge on any atom is -0.497 e. The fourth-order valence-corrected chi connectivity index (χ4v) is 9.87. The highest BCUT2D eigenvalue weighted by Crippen LogP contribution is 2.58. The Labute approximate surface area is 355 Å². The van der Waals surface area contributed by atoms with Gasteiger partial charge in [-0.2, -0.15) is 0 Å². The van der Waals surface area contributed by atoms with Crippen molar-refractivity contribution < 1.29 is 14.6 Å². The molecule has 0 heterocycles. The number of benzene rings is 10. The summed E-state index contributed by atoms with van der Waals surface area (Å²) < 4.78 is 11.9. The van der Waals surface area contributed by atoms with E-state index in [4.69, 9.17) is 9.47 Å². The molecule has 0 amide bonds. The first kappa shape index (κ1) is 36.6. The zero-order valence-electron chi connectivity index (χ0n) is 34.0. The molecule has 0 saturated heterocycles. The molecule has 1 aliphatic carbocycles. The monoisotopic (exact) mass is 786 g/mol. The molecule has 0 aromatic heterocycles. The molecule has 292 valence electrons. The summed E-state index contributed by atoms with van der Waals surface area (Å²) in [6, 6.07) is 74.5. The summed E-state index contributed by atoms with van der Waals surface area (Å²) in [7, 11) is 1.64. The first-order chi connectivity index (χ1) is 29.9. The van der Waals surface area contributed by atoms with Gasteiger partial charge in [-0.05, 0) is 138 Å². The molecule has 11 rings (SSSR count). The van der Waals surface area contributed by atoms with E-state index in [1.807, 2.05) is 84.9 Å². The average molecular weight is 787 g/mol. The zero-order valence-corrected chi connectivity index (χ0v) is 34.0. The predicted molar refractivity (Wildman–Crippen MR) is 249 cm³/mol. The van der Waals surface area contributed by atoms with E-state index >= 15 is 0 Å². The first-order valence-corrected chi connectivity index (χ1v) is 20.8. The second-order valence-corrected chi connectivity index (χ2v) is 16.2. The summed E-state index contributed by atoms with van der Waals surface area (Å²) in [6.45, 7) is 2.15. The topological polar surface area (TPSA) is 38.7 Å². The van der Waals surface area contributed by atoms with E-state index < -0.39 is 11.0 Å². The van der Waals surface area contributed by atoms with Crippen LogP contribution in [0.25, 0.3) is 43.4 Å². The summed E-state index contributed by atoms with van der Waals surface area (Å²) in [5.41, 5.74) is 9.24. The lowest BCUT2D eigenvalue weighted by atomic mass is 9.67. The maximum Gasteiger partial charge on any atom is 0.140 e. The third kappa shape index (κ3) is 5.84. The fraction of sp³-hybridized carbons (Fsp3) is 0.0690. The summed E-state index contributed by atoms with van der Waals surface area (Å²) >= 11 is 0. The molecule has 0 radical (unpaired) electrons. The molecule has 0 aliphatic heterocycles. The fourth-order valence-electron chi connectivity index (χ4n) is 9.87. The van der Waals surface area contributed by atoms with Gasteiger partial charge in [-0.1, -0.05) is 169 Å². The Bertz CT molecular complexity index is 3280. The van der Waals surface area contributed by atoms with Gasteiger partial charge in [-0.25, -0.2) is 0 Å². The van der Waals surface area contributed by atoms with E-state index in [9.17, 15) is 5.11 Å². The van der Waals surface area contributed by atoms with Crippen LogP contribution < -0.4 is 9.47 Å². The Morgan fingerprint density at radius 2 is 0.967 bits per heavy atom. The van der Waals surface area contributed by atoms with Gasteiger partial charge in [0.1, 0.15) is 22.8 Å². The Balaban J connectivity index is 0.992. The highest BCUT2D eigenvalue weighted by atomic mass is 16.5. The number of fused-ring (bicyclic) bond motifs is 7. The largest absolute Gasteiger partial charge is 0.497 e. The molecule has 3 heteroatoms. The molecule has 0 fully saturated rings. The Hall–Kier alpha value is -7.46. The van der Waals surface area contributed by atoms with Crippen LogP contribution in [-0.2, 0) is 11.0 Å². The van der Waals surface area contributed by atoms with Crippen LogP contribution in [0.2, 0.25) is 0 Å². The van der Waals surface area contributed by atoms with E-state index in [0.717, 1.165) is 39.0 Å². The van der Waals surface area contributed by atoms with Crippen molar-refractivity contribution in [2.45, 2.75) is 17.9 Å². The third-order valence-corrected chi connectivity index (χ3v) is 12.8. The standard InChI is InChI=1S/C58H42O3/c1-38-16-17-41-35-47(22-18-40(41)34-38)57(54-15-9-8-14-53(54)56-52-13-7-6-10-39(52)21-33-55(56)57)48-23-19-43-37-51(28-20-42(43)36-48)61-50-31-26-46(27-32-50)58(59,44-11-4-3-5-12-44)45-24-29-49(60-2)30-25-45/h3-37,59H,1-2H3. The van der Waals surface area contributed by atoms with Crippen molar-refractivity contribution in [3.63, 3.8) is 0 Å². The summed E-state index contributed by atoms with van der Waals surface area (Å²) in [5.74, 6) is 2.16. The molecule has 10 aromatic carbocycles. The maximum atomic E-state index is 12.4. The average Bonchev–Trinajstić information content (AvgIpc) is 3.63. The minimum absolute atomic E-state index is 0.548. The van der Waals surface area contributed by atoms with E-state index in [0.29, 0.717) is 5.75 Å². The van der Waals surface area contributed by atoms with Gasteiger partial charge in [0.25, 0.3) is 0 Å². The molecule has 0 spiro atoms. The maximum absolute atomic E-state index is 12.4. The van der Waals surface area contributed by atoms with Crippen molar-refractivity contribution in [3.8, 4) is 28.4 Å². The van der Waals surface area contributed by atoms with Crippen molar-refractivity contribution >= 4 is 32.3 Å². The lowest BCUT2D eigenvalue weighted by molar-refractivity contribution is 0.125. The molecule has 2 unspecified atom stereocenters. The summed E-state index contributed by atoms with van der Waals surface area (Å²) in [5, 5.41) is 19.6. The van der Waals surface area contributed by atoms with Crippen molar-refractivity contribution in [1.29, 1.82) is 0 Å². The molecule has 2 atom stereocenters. The second-order valence-electron chi connectivity index (χ2n) is 16.2. The number of hydrogen-bond acceptors (Lipinski definition) is 3. The van der Waals surface area contributed by atoms with Gasteiger partial charge < -0.3 is 14.6 Å². The minimum atomic E-state index is -1.37. The van der Waals surface area contributed by atoms with Gasteiger partial charge in [0, 0.05) is 0 Å². The molecular formula is C58H42O3. The summed E-state index contributed by atoms with van der Waals surface area (Å²) in [4.78, 5) is 0. The Kier molecular flexibility index (Phi) is 8.63. The molecule has 0 saturated carbocycles. The van der Waals surface area contributed by atoms with Crippen LogP contribution in [0.1, 0.15) is 44.5 Å². The predicted octanol–water partition coefficient (Wildman–Crippen LogP) is 13.9. The van der Waals surface area contributed by atoms with Crippen molar-refractivity contribution in [2.75, 3.05) is 7.11 Å². The van der Waals surface area contributed by atoms with E-state index in [2.05, 4.69) is 134 Å². The van der Waals surface area contributed by atoms with Gasteiger partial charge in [-0.15, -0.1) is 0 Å². The van der Waals surface area contributed by atoms with Gasteiger partial charge >= 0.3 is 0 Å². The van der Waals surface area contributed by atoms with E-state index in [-0.39, 0.29) is 0 Å². The van der Waals surface area contributed by atoms with Crippen LogP contribution in [0, 0.1) is 6.92 Å². The molecule has 61 heavy (non-hydrogen) atoms. The van der Waals surface area contributed by atoms with Crippen LogP contribution in [0.4, 0.5) is 0 Å². The van der Waals surface area contributed by atoms with Crippen LogP contribution in [0.15, 0.2) is 212 Å². The quantitative estimate of drug-likeness (QED) is 0.156. The van der Waals surface area contributed by atoms with Crippen molar-refractivity contribution in [1.82, 2.24) is 0 Å². The first-order valence-electron chi connectivity index (χ1n) is 20.8. The lowest BCUT2D eigenvalue weighted by Gasteiger charge is -2.34. The van der Waals surface area contributed by atoms with E-state index in [1.54, 1.807) is 7.11 Å². The van der Waals surface area contributed by atoms with Gasteiger partial charge in [-0.3, -0.25) is 0 Å². The van der Waals surface area contributed by atoms with Crippen molar-refractivity contribution in [3.05, 3.63) is 257 Å². The number of methoxy groups -OCH3 is 1. The Morgan fingerprint density at radius 3 is 1.69 bits per heavy atom. The van der Waals surface area contributed by atoms with E-state index in [1.165, 1.54) is 60.5 Å². The van der Waals surface area contributed by atoms with Gasteiger partial charge in [0.05, 0.1) is 12.5 Å². The molecule has 1 N–H and O–H groups in total. The zero-order chi connectivity index (χ0) is 41.1. The molecular weight excluding hydrogens is 745 g/mol. The molecule has 10 aromatic rings. The van der Waals surface area contributed by atoms with Crippen LogP contribution in [0.5, 0.6) is 17.2 Å². The number of aryl methyl sites for hydroxylation is 1. The summed E-state index contributed by atoms with van der Waals surface area (Å²) in [6.07, 6.45) is 0. The SMILES string of the molecule is COc1ccc(C(O)(c2ccccc2)c2ccc(Oc3ccc4cc(C5(c6ccc7cc(C)ccc7c6)c6ccccc6-c6c5ccc5ccccc65)ccc4c3)cc2)cc1. The highest BCUT2D eigenvalue weighted by molar-refractivity contribution is 6.04. The number of hydrogen-bond donors (Lipinski definition) is 1. The van der Waals surface area contributed by atoms with Gasteiger partial charge in [0.15, 0.2) is 0 Å². The smallest absolute Gasteiger partial charge is 0.140 e. The number of ether oxygens (including phenoxy) is 2. The highest BCUT2D eigenvalue weighted by Gasteiger charge is 2.47. The van der Waals surface area contributed by atoms with Crippen LogP contribution in [-0.4, -0.2) is 12.2 Å².